The summed E-state index contributed by atoms with van der Waals surface area (Å²) in [6.07, 6.45) is 10.1. The topological polar surface area (TPSA) is 230 Å². The summed E-state index contributed by atoms with van der Waals surface area (Å²) in [7, 11) is 2.91. The van der Waals surface area contributed by atoms with E-state index in [4.69, 9.17) is 0 Å². The summed E-state index contributed by atoms with van der Waals surface area (Å²) in [6, 6.07) is 2.69. The molecule has 0 saturated heterocycles. The van der Waals surface area contributed by atoms with Gasteiger partial charge in [-0.25, -0.2) is 10.1 Å². The highest BCUT2D eigenvalue weighted by atomic mass is 16.5. The highest BCUT2D eigenvalue weighted by molar-refractivity contribution is 5.97. The van der Waals surface area contributed by atoms with Gasteiger partial charge in [0.05, 0.1) is 11.1 Å². The molecule has 2 aliphatic heterocycles. The lowest BCUT2D eigenvalue weighted by Gasteiger charge is -2.37. The molecule has 4 amide bonds. The Kier molecular flexibility index (Phi) is 13.9. The van der Waals surface area contributed by atoms with Crippen LogP contribution in [0.25, 0.3) is 0 Å². The van der Waals surface area contributed by atoms with Crippen LogP contribution in [0.1, 0.15) is 59.2 Å². The van der Waals surface area contributed by atoms with Crippen molar-refractivity contribution in [1.29, 1.82) is 0 Å². The molecule has 0 radical (unpaired) electrons. The lowest BCUT2D eigenvalue weighted by Crippen LogP contribution is -2.51. The van der Waals surface area contributed by atoms with Gasteiger partial charge >= 0.3 is 0 Å². The number of nitrogens with one attached hydrogen (secondary N) is 2. The Morgan fingerprint density at radius 3 is 1.42 bits per heavy atom. The number of nitrogens with zero attached hydrogens (tertiary/aromatic N) is 6. The SMILES string of the molecule is Cn1ccc(C(=O)NCCCN(CCCCN(CCCNC(=O)c2ccn(C)c(=O)c2O)C2C=CCC(=O)N2O)C2C=CCC(=O)N2O)c(O)c1=O. The molecule has 4 rings (SSSR count). The summed E-state index contributed by atoms with van der Waals surface area (Å²) in [5, 5.41) is 48.0. The van der Waals surface area contributed by atoms with E-state index in [1.165, 1.54) is 38.6 Å². The monoisotopic (exact) mass is 726 g/mol. The smallest absolute Gasteiger partial charge is 0.293 e. The zero-order valence-corrected chi connectivity index (χ0v) is 29.2. The molecule has 0 aliphatic carbocycles. The first kappa shape index (κ1) is 39.5. The van der Waals surface area contributed by atoms with Crippen molar-refractivity contribution in [2.75, 3.05) is 39.3 Å². The number of hydrogen-bond acceptors (Lipinski definition) is 12. The Morgan fingerprint density at radius 2 is 1.04 bits per heavy atom. The van der Waals surface area contributed by atoms with E-state index in [0.717, 1.165) is 9.13 Å². The summed E-state index contributed by atoms with van der Waals surface area (Å²) in [5.74, 6) is -3.46. The molecule has 6 N–H and O–H groups in total. The standard InChI is InChI=1S/C34H46N8O10/c1-37-21-13-23(29(45)33(37)49)31(47)35-15-7-19-39(25-9-5-11-27(43)41(25)51)17-3-4-18-40(26-10-6-12-28(44)42(26)52)20-8-16-36-32(48)24-14-22-38(2)34(50)30(24)46/h5-6,9-10,13-14,21-22,25-26,45-46,51-52H,3-4,7-8,11-12,15-20H2,1-2H3,(H,35,47)(H,36,48). The molecule has 18 nitrogen and oxygen atoms in total. The van der Waals surface area contributed by atoms with Gasteiger partial charge in [-0.05, 0) is 50.0 Å². The van der Waals surface area contributed by atoms with Crippen molar-refractivity contribution >= 4 is 23.6 Å². The van der Waals surface area contributed by atoms with E-state index in [0.29, 0.717) is 62.0 Å². The van der Waals surface area contributed by atoms with E-state index in [-0.39, 0.29) is 37.1 Å². The maximum atomic E-state index is 12.6. The number of aromatic nitrogens is 2. The van der Waals surface area contributed by atoms with E-state index < -0.39 is 58.6 Å². The second kappa shape index (κ2) is 18.3. The number of hydrogen-bond donors (Lipinski definition) is 6. The number of hydroxylamine groups is 4. The van der Waals surface area contributed by atoms with Gasteiger partial charge in [0.15, 0.2) is 11.5 Å². The first-order chi connectivity index (χ1) is 24.8. The number of amides is 4. The van der Waals surface area contributed by atoms with Gasteiger partial charge in [0.2, 0.25) is 0 Å². The van der Waals surface area contributed by atoms with Crippen LogP contribution in [0.15, 0.2) is 58.4 Å². The fourth-order valence-corrected chi connectivity index (χ4v) is 5.92. The quantitative estimate of drug-likeness (QED) is 0.0709. The molecule has 18 heteroatoms. The van der Waals surface area contributed by atoms with Crippen molar-refractivity contribution in [3.63, 3.8) is 0 Å². The van der Waals surface area contributed by atoms with Gasteiger partial charge < -0.3 is 30.0 Å². The third-order valence-corrected chi connectivity index (χ3v) is 8.89. The van der Waals surface area contributed by atoms with Crippen molar-refractivity contribution in [2.45, 2.75) is 50.9 Å². The van der Waals surface area contributed by atoms with Crippen LogP contribution < -0.4 is 21.8 Å². The summed E-state index contributed by atoms with van der Waals surface area (Å²) in [6.45, 7) is 1.93. The summed E-state index contributed by atoms with van der Waals surface area (Å²) in [4.78, 5) is 77.5. The zero-order valence-electron chi connectivity index (χ0n) is 29.2. The lowest BCUT2D eigenvalue weighted by atomic mass is 10.1. The van der Waals surface area contributed by atoms with Crippen LogP contribution in [0.2, 0.25) is 0 Å². The summed E-state index contributed by atoms with van der Waals surface area (Å²) >= 11 is 0. The Balaban J connectivity index is 1.34. The van der Waals surface area contributed by atoms with Crippen LogP contribution in [0.5, 0.6) is 11.5 Å². The molecule has 2 aromatic heterocycles. The first-order valence-corrected chi connectivity index (χ1v) is 17.0. The van der Waals surface area contributed by atoms with Crippen LogP contribution in [0, 0.1) is 0 Å². The number of pyridine rings is 2. The van der Waals surface area contributed by atoms with Crippen LogP contribution in [-0.2, 0) is 23.7 Å². The third-order valence-electron chi connectivity index (χ3n) is 8.89. The normalized spacial score (nSPS) is 17.3. The zero-order chi connectivity index (χ0) is 37.9. The molecule has 2 aliphatic rings. The molecule has 282 valence electrons. The average Bonchev–Trinajstić information content (AvgIpc) is 3.12. The highest BCUT2D eigenvalue weighted by Gasteiger charge is 2.30. The van der Waals surface area contributed by atoms with Crippen LogP contribution in [0.3, 0.4) is 0 Å². The third kappa shape index (κ3) is 9.72. The lowest BCUT2D eigenvalue weighted by molar-refractivity contribution is -0.188. The molecule has 2 unspecified atom stereocenters. The van der Waals surface area contributed by atoms with E-state index in [1.54, 1.807) is 24.3 Å². The number of unbranched alkanes of at least 4 members (excludes halogenated alkanes) is 1. The maximum absolute atomic E-state index is 12.6. The van der Waals surface area contributed by atoms with Crippen LogP contribution >= 0.6 is 0 Å². The Morgan fingerprint density at radius 1 is 0.673 bits per heavy atom. The van der Waals surface area contributed by atoms with Gasteiger partial charge in [-0.15, -0.1) is 0 Å². The molecular formula is C34H46N8O10. The summed E-state index contributed by atoms with van der Waals surface area (Å²) < 4.78 is 2.30. The second-order valence-electron chi connectivity index (χ2n) is 12.6. The molecule has 0 spiro atoms. The fourth-order valence-electron chi connectivity index (χ4n) is 5.92. The number of carbonyl (C=O) groups excluding carboxylic acids is 4. The molecular weight excluding hydrogens is 680 g/mol. The predicted octanol–water partition coefficient (Wildman–Crippen LogP) is -0.173. The van der Waals surface area contributed by atoms with E-state index in [1.807, 2.05) is 9.80 Å². The van der Waals surface area contributed by atoms with Gasteiger partial charge in [-0.1, -0.05) is 12.2 Å². The summed E-state index contributed by atoms with van der Waals surface area (Å²) in [5.41, 5.74) is -1.69. The Labute approximate surface area is 299 Å². The van der Waals surface area contributed by atoms with Crippen LogP contribution in [-0.4, -0.2) is 125 Å². The van der Waals surface area contributed by atoms with Crippen molar-refractivity contribution < 1.29 is 39.8 Å². The van der Waals surface area contributed by atoms with Crippen molar-refractivity contribution in [1.82, 2.24) is 39.7 Å². The number of aromatic hydroxyl groups is 2. The minimum absolute atomic E-state index is 0.0581. The Hall–Kier alpha value is -5.30. The van der Waals surface area contributed by atoms with Gasteiger partial charge in [-0.3, -0.25) is 49.0 Å². The van der Waals surface area contributed by atoms with Crippen molar-refractivity contribution in [3.8, 4) is 11.5 Å². The highest BCUT2D eigenvalue weighted by Crippen LogP contribution is 2.18. The van der Waals surface area contributed by atoms with Crippen molar-refractivity contribution in [3.05, 3.63) is 80.7 Å². The average molecular weight is 727 g/mol. The minimum Gasteiger partial charge on any atom is -0.502 e. The van der Waals surface area contributed by atoms with E-state index in [9.17, 15) is 49.4 Å². The van der Waals surface area contributed by atoms with Gasteiger partial charge in [0, 0.05) is 78.6 Å². The second-order valence-corrected chi connectivity index (χ2v) is 12.6. The van der Waals surface area contributed by atoms with E-state index >= 15 is 0 Å². The predicted molar refractivity (Wildman–Crippen MR) is 185 cm³/mol. The first-order valence-electron chi connectivity index (χ1n) is 17.0. The molecule has 0 saturated carbocycles. The van der Waals surface area contributed by atoms with E-state index in [2.05, 4.69) is 10.6 Å². The number of carbonyl (C=O) groups is 4. The molecule has 0 bridgehead atoms. The molecule has 52 heavy (non-hydrogen) atoms. The number of rotatable bonds is 17. The van der Waals surface area contributed by atoms with Crippen molar-refractivity contribution in [2.24, 2.45) is 14.1 Å². The Bertz CT molecular complexity index is 1680. The van der Waals surface area contributed by atoms with Crippen LogP contribution in [0.4, 0.5) is 0 Å². The van der Waals surface area contributed by atoms with Gasteiger partial charge in [0.1, 0.15) is 12.3 Å². The van der Waals surface area contributed by atoms with Gasteiger partial charge in [0.25, 0.3) is 34.7 Å². The minimum atomic E-state index is -0.742. The largest absolute Gasteiger partial charge is 0.502 e. The van der Waals surface area contributed by atoms with Gasteiger partial charge in [-0.2, -0.15) is 0 Å². The number of aryl methyl sites for hydroxylation is 2. The molecule has 0 fully saturated rings. The molecule has 2 aromatic rings. The molecule has 2 atom stereocenters. The molecule has 0 aromatic carbocycles. The fraction of sp³-hybridized carbons (Fsp3) is 0.471. The molecule has 4 heterocycles. The maximum Gasteiger partial charge on any atom is 0.293 e.